The minimum absolute atomic E-state index is 0.353. The molecule has 0 bridgehead atoms. The lowest BCUT2D eigenvalue weighted by molar-refractivity contribution is -0.0197. The molecule has 1 rings (SSSR count). The van der Waals surface area contributed by atoms with Gasteiger partial charge in [0.1, 0.15) is 5.60 Å². The van der Waals surface area contributed by atoms with E-state index in [-0.39, 0.29) is 5.60 Å². The van der Waals surface area contributed by atoms with E-state index in [4.69, 9.17) is 9.15 Å². The van der Waals surface area contributed by atoms with Gasteiger partial charge in [0.05, 0.1) is 6.20 Å². The number of hydrogen-bond acceptors (Lipinski definition) is 4. The van der Waals surface area contributed by atoms with Crippen molar-refractivity contribution in [3.8, 4) is 0 Å². The number of rotatable bonds is 7. The molecule has 0 radical (unpaired) electrons. The van der Waals surface area contributed by atoms with Crippen LogP contribution in [-0.4, -0.2) is 25.7 Å². The van der Waals surface area contributed by atoms with Crippen LogP contribution < -0.4 is 5.32 Å². The summed E-state index contributed by atoms with van der Waals surface area (Å²) in [4.78, 5) is 4.28. The Hall–Kier alpha value is -0.870. The molecule has 0 aromatic carbocycles. The smallest absolute Gasteiger partial charge is 0.194 e. The molecule has 16 heavy (non-hydrogen) atoms. The molecule has 0 saturated carbocycles. The molecule has 0 fully saturated rings. The van der Waals surface area contributed by atoms with Gasteiger partial charge in [0.2, 0.25) is 0 Å². The third-order valence-electron chi connectivity index (χ3n) is 3.02. The van der Waals surface area contributed by atoms with Crippen molar-refractivity contribution in [1.29, 1.82) is 0 Å². The number of aromatic nitrogens is 1. The number of hydrogen-bond donors (Lipinski definition) is 1. The monoisotopic (exact) mass is 226 g/mol. The molecule has 0 aliphatic carbocycles. The highest BCUT2D eigenvalue weighted by Gasteiger charge is 2.28. The van der Waals surface area contributed by atoms with Crippen LogP contribution in [0, 0.1) is 0 Å². The fourth-order valence-corrected chi connectivity index (χ4v) is 1.51. The first-order chi connectivity index (χ1) is 7.66. The van der Waals surface area contributed by atoms with E-state index in [2.05, 4.69) is 17.2 Å². The van der Waals surface area contributed by atoms with E-state index in [1.54, 1.807) is 13.3 Å². The molecule has 1 heterocycles. The van der Waals surface area contributed by atoms with Gasteiger partial charge in [0.15, 0.2) is 11.7 Å². The van der Waals surface area contributed by atoms with Crippen molar-refractivity contribution in [3.05, 3.63) is 17.8 Å². The van der Waals surface area contributed by atoms with Crippen LogP contribution >= 0.6 is 0 Å². The number of methoxy groups -OCH3 is 1. The van der Waals surface area contributed by atoms with Gasteiger partial charge in [-0.15, -0.1) is 0 Å². The molecule has 1 atom stereocenters. The largest absolute Gasteiger partial charge is 0.443 e. The van der Waals surface area contributed by atoms with E-state index in [1.165, 1.54) is 0 Å². The fraction of sp³-hybridized carbons (Fsp3) is 0.750. The molecule has 0 aliphatic heterocycles. The Kier molecular flexibility index (Phi) is 4.96. The number of oxazole rings is 1. The quantitative estimate of drug-likeness (QED) is 0.723. The van der Waals surface area contributed by atoms with Crippen LogP contribution in [0.15, 0.2) is 10.6 Å². The lowest BCUT2D eigenvalue weighted by Crippen LogP contribution is -2.22. The first-order valence-corrected chi connectivity index (χ1v) is 5.81. The minimum Gasteiger partial charge on any atom is -0.443 e. The highest BCUT2D eigenvalue weighted by atomic mass is 16.5. The van der Waals surface area contributed by atoms with Crippen LogP contribution in [0.25, 0.3) is 0 Å². The van der Waals surface area contributed by atoms with Crippen LogP contribution in [0.2, 0.25) is 0 Å². The molecular formula is C12H22N2O2. The van der Waals surface area contributed by atoms with Gasteiger partial charge >= 0.3 is 0 Å². The Morgan fingerprint density at radius 2 is 2.31 bits per heavy atom. The highest BCUT2D eigenvalue weighted by Crippen LogP contribution is 2.28. The fourth-order valence-electron chi connectivity index (χ4n) is 1.51. The summed E-state index contributed by atoms with van der Waals surface area (Å²) in [5.74, 6) is 1.61. The standard InChI is InChI=1S/C12H22N2O2/c1-5-12(2,15-4)10-9-14-11(16-10)7-6-8-13-3/h9,13H,5-8H2,1-4H3. The van der Waals surface area contributed by atoms with Crippen LogP contribution in [0.5, 0.6) is 0 Å². The van der Waals surface area contributed by atoms with Gasteiger partial charge in [-0.2, -0.15) is 0 Å². The lowest BCUT2D eigenvalue weighted by Gasteiger charge is -2.23. The minimum atomic E-state index is -0.353. The zero-order valence-electron chi connectivity index (χ0n) is 10.7. The summed E-state index contributed by atoms with van der Waals surface area (Å²) in [5.41, 5.74) is -0.353. The summed E-state index contributed by atoms with van der Waals surface area (Å²) < 4.78 is 11.2. The summed E-state index contributed by atoms with van der Waals surface area (Å²) in [5, 5.41) is 3.10. The average Bonchev–Trinajstić information content (AvgIpc) is 2.78. The van der Waals surface area contributed by atoms with Gasteiger partial charge in [-0.1, -0.05) is 6.92 Å². The molecule has 0 amide bonds. The Balaban J connectivity index is 2.63. The van der Waals surface area contributed by atoms with Crippen LogP contribution in [0.1, 0.15) is 38.3 Å². The van der Waals surface area contributed by atoms with Crippen LogP contribution in [0.4, 0.5) is 0 Å². The molecule has 1 unspecified atom stereocenters. The predicted octanol–water partition coefficient (Wildman–Crippen LogP) is 2.10. The van der Waals surface area contributed by atoms with Crippen LogP contribution in [-0.2, 0) is 16.8 Å². The third-order valence-corrected chi connectivity index (χ3v) is 3.02. The van der Waals surface area contributed by atoms with Crippen molar-refractivity contribution in [1.82, 2.24) is 10.3 Å². The number of nitrogens with one attached hydrogen (secondary N) is 1. The molecule has 4 heteroatoms. The Morgan fingerprint density at radius 1 is 1.56 bits per heavy atom. The number of aryl methyl sites for hydroxylation is 1. The van der Waals surface area contributed by atoms with Crippen molar-refractivity contribution in [2.24, 2.45) is 0 Å². The van der Waals surface area contributed by atoms with Gasteiger partial charge < -0.3 is 14.5 Å². The van der Waals surface area contributed by atoms with Gasteiger partial charge in [-0.25, -0.2) is 4.98 Å². The van der Waals surface area contributed by atoms with Gasteiger partial charge in [0, 0.05) is 13.5 Å². The van der Waals surface area contributed by atoms with E-state index in [0.29, 0.717) is 0 Å². The second kappa shape index (κ2) is 6.01. The van der Waals surface area contributed by atoms with Crippen molar-refractivity contribution in [2.45, 2.75) is 38.7 Å². The van der Waals surface area contributed by atoms with Gasteiger partial charge in [-0.05, 0) is 33.4 Å². The topological polar surface area (TPSA) is 47.3 Å². The predicted molar refractivity (Wildman–Crippen MR) is 63.4 cm³/mol. The maximum atomic E-state index is 5.71. The first-order valence-electron chi connectivity index (χ1n) is 5.81. The van der Waals surface area contributed by atoms with E-state index < -0.39 is 0 Å². The Bertz CT molecular complexity index is 306. The first kappa shape index (κ1) is 13.2. The third kappa shape index (κ3) is 3.06. The summed E-state index contributed by atoms with van der Waals surface area (Å²) in [6.07, 6.45) is 4.55. The highest BCUT2D eigenvalue weighted by molar-refractivity contribution is 5.05. The number of ether oxygens (including phenoxy) is 1. The van der Waals surface area contributed by atoms with E-state index >= 15 is 0 Å². The average molecular weight is 226 g/mol. The maximum absolute atomic E-state index is 5.71. The Labute approximate surface area is 97.4 Å². The molecule has 0 spiro atoms. The summed E-state index contributed by atoms with van der Waals surface area (Å²) in [6.45, 7) is 5.07. The molecule has 1 aromatic rings. The summed E-state index contributed by atoms with van der Waals surface area (Å²) >= 11 is 0. The van der Waals surface area contributed by atoms with Crippen LogP contribution in [0.3, 0.4) is 0 Å². The van der Waals surface area contributed by atoms with Crippen molar-refractivity contribution < 1.29 is 9.15 Å². The maximum Gasteiger partial charge on any atom is 0.194 e. The SMILES string of the molecule is CCC(C)(OC)c1cnc(CCCNC)o1. The summed E-state index contributed by atoms with van der Waals surface area (Å²) in [7, 11) is 3.65. The van der Waals surface area contributed by atoms with E-state index in [9.17, 15) is 0 Å². The molecule has 1 aromatic heterocycles. The summed E-state index contributed by atoms with van der Waals surface area (Å²) in [6, 6.07) is 0. The normalized spacial score (nSPS) is 15.0. The second-order valence-electron chi connectivity index (χ2n) is 4.11. The Morgan fingerprint density at radius 3 is 2.88 bits per heavy atom. The molecule has 92 valence electrons. The van der Waals surface area contributed by atoms with Crippen molar-refractivity contribution in [2.75, 3.05) is 20.7 Å². The lowest BCUT2D eigenvalue weighted by atomic mass is 10.0. The van der Waals surface area contributed by atoms with E-state index in [1.807, 2.05) is 14.0 Å². The second-order valence-corrected chi connectivity index (χ2v) is 4.11. The molecule has 1 N–H and O–H groups in total. The zero-order valence-corrected chi connectivity index (χ0v) is 10.7. The van der Waals surface area contributed by atoms with Gasteiger partial charge in [-0.3, -0.25) is 0 Å². The molecular weight excluding hydrogens is 204 g/mol. The van der Waals surface area contributed by atoms with E-state index in [0.717, 1.165) is 37.5 Å². The van der Waals surface area contributed by atoms with Gasteiger partial charge in [0.25, 0.3) is 0 Å². The van der Waals surface area contributed by atoms with Crippen molar-refractivity contribution in [3.63, 3.8) is 0 Å². The molecule has 0 saturated heterocycles. The van der Waals surface area contributed by atoms with Crippen molar-refractivity contribution >= 4 is 0 Å². The molecule has 4 nitrogen and oxygen atoms in total. The molecule has 0 aliphatic rings. The zero-order chi connectivity index (χ0) is 12.0. The number of nitrogens with zero attached hydrogens (tertiary/aromatic N) is 1.